The number of hydrogen-bond donors (Lipinski definition) is 3. The van der Waals surface area contributed by atoms with Crippen LogP contribution in [0.1, 0.15) is 13.3 Å². The quantitative estimate of drug-likeness (QED) is 0.513. The predicted molar refractivity (Wildman–Crippen MR) is 47.7 cm³/mol. The van der Waals surface area contributed by atoms with E-state index < -0.39 is 0 Å². The summed E-state index contributed by atoms with van der Waals surface area (Å²) in [6, 6.07) is 0. The van der Waals surface area contributed by atoms with Crippen molar-refractivity contribution in [3.05, 3.63) is 0 Å². The molecule has 0 saturated carbocycles. The number of nitrogens with one attached hydrogen (secondary N) is 2. The number of rotatable bonds is 3. The minimum absolute atomic E-state index is 0.123. The SMILES string of the molecule is CC1(C(=O)NCCN)CCNC1. The molecular weight excluding hydrogens is 154 g/mol. The second-order valence-electron chi connectivity index (χ2n) is 3.53. The van der Waals surface area contributed by atoms with Gasteiger partial charge < -0.3 is 16.4 Å². The molecule has 1 amide bonds. The van der Waals surface area contributed by atoms with Gasteiger partial charge in [0.2, 0.25) is 5.91 Å². The molecule has 0 aromatic carbocycles. The zero-order valence-corrected chi connectivity index (χ0v) is 7.52. The Morgan fingerprint density at radius 2 is 2.50 bits per heavy atom. The maximum absolute atomic E-state index is 11.5. The summed E-state index contributed by atoms with van der Waals surface area (Å²) in [5.41, 5.74) is 5.08. The molecule has 1 unspecified atom stereocenters. The van der Waals surface area contributed by atoms with Crippen molar-refractivity contribution in [2.24, 2.45) is 11.1 Å². The second-order valence-corrected chi connectivity index (χ2v) is 3.53. The van der Waals surface area contributed by atoms with Gasteiger partial charge in [-0.3, -0.25) is 4.79 Å². The van der Waals surface area contributed by atoms with Gasteiger partial charge in [0.05, 0.1) is 5.41 Å². The van der Waals surface area contributed by atoms with E-state index in [4.69, 9.17) is 5.73 Å². The molecule has 4 N–H and O–H groups in total. The molecule has 1 heterocycles. The van der Waals surface area contributed by atoms with E-state index in [-0.39, 0.29) is 11.3 Å². The van der Waals surface area contributed by atoms with Crippen molar-refractivity contribution in [2.45, 2.75) is 13.3 Å². The molecule has 12 heavy (non-hydrogen) atoms. The van der Waals surface area contributed by atoms with E-state index in [2.05, 4.69) is 10.6 Å². The lowest BCUT2D eigenvalue weighted by Gasteiger charge is -2.20. The molecule has 0 bridgehead atoms. The number of carbonyl (C=O) groups is 1. The van der Waals surface area contributed by atoms with E-state index in [1.165, 1.54) is 0 Å². The third kappa shape index (κ3) is 1.95. The summed E-state index contributed by atoms with van der Waals surface area (Å²) in [6.07, 6.45) is 0.920. The van der Waals surface area contributed by atoms with Crippen LogP contribution < -0.4 is 16.4 Å². The molecule has 70 valence electrons. The first-order chi connectivity index (χ1) is 5.69. The molecule has 1 atom stereocenters. The molecule has 0 aromatic rings. The van der Waals surface area contributed by atoms with Crippen LogP contribution in [0.15, 0.2) is 0 Å². The highest BCUT2D eigenvalue weighted by molar-refractivity contribution is 5.82. The van der Waals surface area contributed by atoms with Gasteiger partial charge in [-0.25, -0.2) is 0 Å². The molecule has 4 heteroatoms. The zero-order valence-electron chi connectivity index (χ0n) is 7.52. The molecule has 0 radical (unpaired) electrons. The van der Waals surface area contributed by atoms with Gasteiger partial charge in [-0.2, -0.15) is 0 Å². The van der Waals surface area contributed by atoms with Crippen molar-refractivity contribution in [3.8, 4) is 0 Å². The summed E-state index contributed by atoms with van der Waals surface area (Å²) in [4.78, 5) is 11.5. The topological polar surface area (TPSA) is 67.2 Å². The monoisotopic (exact) mass is 171 g/mol. The van der Waals surface area contributed by atoms with E-state index in [0.717, 1.165) is 19.5 Å². The molecule has 1 saturated heterocycles. The smallest absolute Gasteiger partial charge is 0.227 e. The lowest BCUT2D eigenvalue weighted by Crippen LogP contribution is -2.42. The molecule has 1 fully saturated rings. The van der Waals surface area contributed by atoms with Crippen LogP contribution in [0.3, 0.4) is 0 Å². The molecule has 1 rings (SSSR count). The second kappa shape index (κ2) is 3.87. The fraction of sp³-hybridized carbons (Fsp3) is 0.875. The van der Waals surface area contributed by atoms with Crippen LogP contribution in [0.2, 0.25) is 0 Å². The highest BCUT2D eigenvalue weighted by Crippen LogP contribution is 2.23. The van der Waals surface area contributed by atoms with Gasteiger partial charge in [-0.15, -0.1) is 0 Å². The highest BCUT2D eigenvalue weighted by atomic mass is 16.2. The molecule has 1 aliphatic rings. The Hall–Kier alpha value is -0.610. The normalized spacial score (nSPS) is 28.8. The summed E-state index contributed by atoms with van der Waals surface area (Å²) in [5, 5.41) is 5.99. The first-order valence-corrected chi connectivity index (χ1v) is 4.38. The van der Waals surface area contributed by atoms with Crippen molar-refractivity contribution >= 4 is 5.91 Å². The first kappa shape index (κ1) is 9.48. The summed E-state index contributed by atoms with van der Waals surface area (Å²) in [6.45, 7) is 4.79. The Balaban J connectivity index is 2.39. The zero-order chi connectivity index (χ0) is 9.03. The van der Waals surface area contributed by atoms with Crippen molar-refractivity contribution in [3.63, 3.8) is 0 Å². The number of hydrogen-bond acceptors (Lipinski definition) is 3. The molecule has 0 aliphatic carbocycles. The van der Waals surface area contributed by atoms with Crippen molar-refractivity contribution in [2.75, 3.05) is 26.2 Å². The average molecular weight is 171 g/mol. The maximum atomic E-state index is 11.5. The van der Waals surface area contributed by atoms with Crippen LogP contribution in [-0.2, 0) is 4.79 Å². The molecule has 1 aliphatic heterocycles. The molecule has 0 spiro atoms. The van der Waals surface area contributed by atoms with Gasteiger partial charge in [0.15, 0.2) is 0 Å². The summed E-state index contributed by atoms with van der Waals surface area (Å²) in [7, 11) is 0. The van der Waals surface area contributed by atoms with Crippen LogP contribution in [-0.4, -0.2) is 32.1 Å². The van der Waals surface area contributed by atoms with Crippen molar-refractivity contribution in [1.82, 2.24) is 10.6 Å². The predicted octanol–water partition coefficient (Wildman–Crippen LogP) is -0.939. The molecule has 0 aromatic heterocycles. The highest BCUT2D eigenvalue weighted by Gasteiger charge is 2.35. The Bertz CT molecular complexity index is 164. The molecular formula is C8H17N3O. The third-order valence-electron chi connectivity index (χ3n) is 2.35. The summed E-state index contributed by atoms with van der Waals surface area (Å²) in [5.74, 6) is 0.123. The van der Waals surface area contributed by atoms with Gasteiger partial charge >= 0.3 is 0 Å². The largest absolute Gasteiger partial charge is 0.354 e. The average Bonchev–Trinajstić information content (AvgIpc) is 2.49. The third-order valence-corrected chi connectivity index (χ3v) is 2.35. The Labute approximate surface area is 72.9 Å². The van der Waals surface area contributed by atoms with Crippen LogP contribution in [0.4, 0.5) is 0 Å². The van der Waals surface area contributed by atoms with Gasteiger partial charge in [0.25, 0.3) is 0 Å². The van der Waals surface area contributed by atoms with Gasteiger partial charge in [0.1, 0.15) is 0 Å². The van der Waals surface area contributed by atoms with E-state index in [0.29, 0.717) is 13.1 Å². The van der Waals surface area contributed by atoms with Gasteiger partial charge in [0, 0.05) is 19.6 Å². The number of amides is 1. The minimum atomic E-state index is -0.213. The van der Waals surface area contributed by atoms with Gasteiger partial charge in [-0.1, -0.05) is 0 Å². The van der Waals surface area contributed by atoms with Crippen LogP contribution in [0.25, 0.3) is 0 Å². The van der Waals surface area contributed by atoms with Crippen LogP contribution in [0.5, 0.6) is 0 Å². The lowest BCUT2D eigenvalue weighted by molar-refractivity contribution is -0.129. The van der Waals surface area contributed by atoms with Crippen molar-refractivity contribution < 1.29 is 4.79 Å². The minimum Gasteiger partial charge on any atom is -0.354 e. The van der Waals surface area contributed by atoms with E-state index in [9.17, 15) is 4.79 Å². The number of nitrogens with two attached hydrogens (primary N) is 1. The van der Waals surface area contributed by atoms with E-state index >= 15 is 0 Å². The van der Waals surface area contributed by atoms with Crippen LogP contribution >= 0.6 is 0 Å². The fourth-order valence-corrected chi connectivity index (χ4v) is 1.41. The maximum Gasteiger partial charge on any atom is 0.227 e. The number of carbonyl (C=O) groups excluding carboxylic acids is 1. The summed E-state index contributed by atoms with van der Waals surface area (Å²) >= 11 is 0. The summed E-state index contributed by atoms with van der Waals surface area (Å²) < 4.78 is 0. The van der Waals surface area contributed by atoms with Gasteiger partial charge in [-0.05, 0) is 19.9 Å². The Morgan fingerprint density at radius 1 is 1.75 bits per heavy atom. The van der Waals surface area contributed by atoms with E-state index in [1.54, 1.807) is 0 Å². The van der Waals surface area contributed by atoms with Crippen LogP contribution in [0, 0.1) is 5.41 Å². The van der Waals surface area contributed by atoms with E-state index in [1.807, 2.05) is 6.92 Å². The molecule has 4 nitrogen and oxygen atoms in total. The fourth-order valence-electron chi connectivity index (χ4n) is 1.41. The van der Waals surface area contributed by atoms with Crippen molar-refractivity contribution in [1.29, 1.82) is 0 Å². The standard InChI is InChI=1S/C8H17N3O/c1-8(2-4-10-6-8)7(12)11-5-3-9/h10H,2-6,9H2,1H3,(H,11,12). The Morgan fingerprint density at radius 3 is 3.00 bits per heavy atom. The lowest BCUT2D eigenvalue weighted by atomic mass is 9.89. The first-order valence-electron chi connectivity index (χ1n) is 4.38. The Kier molecular flexibility index (Phi) is 3.05.